The monoisotopic (exact) mass is 439 g/mol. The van der Waals surface area contributed by atoms with Crippen molar-refractivity contribution in [2.45, 2.75) is 19.0 Å². The van der Waals surface area contributed by atoms with Crippen molar-refractivity contribution in [1.82, 2.24) is 0 Å². The van der Waals surface area contributed by atoms with E-state index in [2.05, 4.69) is 7.50 Å². The van der Waals surface area contributed by atoms with Crippen LogP contribution in [0.5, 0.6) is 0 Å². The van der Waals surface area contributed by atoms with Gasteiger partial charge in [0, 0.05) is 0 Å². The van der Waals surface area contributed by atoms with Gasteiger partial charge in [0.2, 0.25) is 0 Å². The first kappa shape index (κ1) is 18.2. The number of hydrogen-bond acceptors (Lipinski definition) is 3. The molecule has 0 unspecified atom stereocenters. The van der Waals surface area contributed by atoms with Crippen molar-refractivity contribution in [3.8, 4) is 0 Å². The summed E-state index contributed by atoms with van der Waals surface area (Å²) in [4.78, 5) is 4.26. The van der Waals surface area contributed by atoms with Gasteiger partial charge in [-0.2, -0.15) is 0 Å². The van der Waals surface area contributed by atoms with E-state index in [4.69, 9.17) is 5.73 Å². The average molecular weight is 439 g/mol. The molecule has 0 fully saturated rings. The summed E-state index contributed by atoms with van der Waals surface area (Å²) < 4.78 is 63.6. The molecule has 0 bridgehead atoms. The summed E-state index contributed by atoms with van der Waals surface area (Å²) in [5.74, 6) is 0.503. The van der Waals surface area contributed by atoms with Gasteiger partial charge < -0.3 is 0 Å². The van der Waals surface area contributed by atoms with E-state index in [1.807, 2.05) is 0 Å². The number of amidine groups is 1. The van der Waals surface area contributed by atoms with E-state index in [1.165, 1.54) is 4.93 Å². The Kier molecular flexibility index (Phi) is 5.99. The zero-order valence-corrected chi connectivity index (χ0v) is 14.2. The van der Waals surface area contributed by atoms with Gasteiger partial charge in [0.1, 0.15) is 0 Å². The van der Waals surface area contributed by atoms with Crippen LogP contribution < -0.4 is 10.7 Å². The quantitative estimate of drug-likeness (QED) is 0.233. The molecule has 5 nitrogen and oxygen atoms in total. The summed E-state index contributed by atoms with van der Waals surface area (Å²) in [6, 6.07) is 6.56. The van der Waals surface area contributed by atoms with Gasteiger partial charge in [-0.25, -0.2) is 0 Å². The zero-order valence-electron chi connectivity index (χ0n) is 11.2. The molecule has 0 aromatic heterocycles. The summed E-state index contributed by atoms with van der Waals surface area (Å²) in [5.41, 5.74) is 0.829. The summed E-state index contributed by atoms with van der Waals surface area (Å²) in [6.07, 6.45) is 0. The summed E-state index contributed by atoms with van der Waals surface area (Å²) in [5, 5.41) is 0. The first-order valence-electron chi connectivity index (χ1n) is 5.56. The van der Waals surface area contributed by atoms with E-state index in [9.17, 15) is 21.6 Å². The Labute approximate surface area is 128 Å². The van der Waals surface area contributed by atoms with Crippen molar-refractivity contribution in [3.05, 3.63) is 33.4 Å². The predicted octanol–water partition coefficient (Wildman–Crippen LogP) is 0.731. The van der Waals surface area contributed by atoms with E-state index >= 15 is 0 Å². The van der Waals surface area contributed by atoms with Crippen LogP contribution in [0.4, 0.5) is 13.2 Å². The molecule has 0 amide bonds. The summed E-state index contributed by atoms with van der Waals surface area (Å²) in [7, 11) is -5.55. The second kappa shape index (κ2) is 6.92. The molecular formula is C11H15F3IN2O3S+. The van der Waals surface area contributed by atoms with Gasteiger partial charge >= 0.3 is 128 Å². The number of hydrogen-bond donors (Lipinski definition) is 2. The topological polar surface area (TPSA) is 83.4 Å². The van der Waals surface area contributed by atoms with Gasteiger partial charge in [0.25, 0.3) is 0 Å². The molecule has 0 saturated carbocycles. The van der Waals surface area contributed by atoms with Crippen LogP contribution >= 0.6 is 20.2 Å². The molecule has 0 radical (unpaired) electrons. The first-order chi connectivity index (χ1) is 9.53. The van der Waals surface area contributed by atoms with E-state index in [-0.39, 0.29) is 0 Å². The summed E-state index contributed by atoms with van der Waals surface area (Å²) in [6.45, 7) is 2.06. The minimum atomic E-state index is -5.55. The number of halogens is 4. The second-order valence-corrected chi connectivity index (χ2v) is 10.3. The Morgan fingerprint density at radius 3 is 2.57 bits per heavy atom. The van der Waals surface area contributed by atoms with Gasteiger partial charge in [-0.05, 0) is 0 Å². The first-order valence-corrected chi connectivity index (χ1v) is 11.1. The van der Waals surface area contributed by atoms with Crippen molar-refractivity contribution >= 4 is 36.2 Å². The van der Waals surface area contributed by atoms with Crippen molar-refractivity contribution < 1.29 is 29.1 Å². The van der Waals surface area contributed by atoms with E-state index in [1.54, 1.807) is 31.2 Å². The Balaban J connectivity index is 2.91. The van der Waals surface area contributed by atoms with Crippen LogP contribution in [0.15, 0.2) is 24.3 Å². The normalized spacial score (nSPS) is 14.1. The molecule has 0 heterocycles. The molecule has 21 heavy (non-hydrogen) atoms. The third-order valence-electron chi connectivity index (χ3n) is 2.23. The van der Waals surface area contributed by atoms with Gasteiger partial charge in [-0.3, -0.25) is 0 Å². The zero-order chi connectivity index (χ0) is 16.3. The van der Waals surface area contributed by atoms with Crippen molar-refractivity contribution in [1.29, 1.82) is 0 Å². The maximum absolute atomic E-state index is 12.3. The van der Waals surface area contributed by atoms with Crippen LogP contribution in [0.3, 0.4) is 0 Å². The number of benzene rings is 1. The molecule has 1 aromatic carbocycles. The Morgan fingerprint density at radius 1 is 1.43 bits per heavy atom. The van der Waals surface area contributed by atoms with Crippen molar-refractivity contribution in [3.63, 3.8) is 0 Å². The molecule has 10 heteroatoms. The third kappa shape index (κ3) is 5.43. The summed E-state index contributed by atoms with van der Waals surface area (Å²) >= 11 is -2.93. The van der Waals surface area contributed by atoms with Crippen LogP contribution in [0.1, 0.15) is 12.5 Å². The molecule has 0 aliphatic heterocycles. The third-order valence-corrected chi connectivity index (χ3v) is 8.61. The Bertz CT molecular complexity index is 628. The van der Waals surface area contributed by atoms with Crippen molar-refractivity contribution in [2.24, 2.45) is 5.73 Å². The molecular weight excluding hydrogens is 424 g/mol. The molecule has 0 atom stereocenters. The molecule has 0 saturated heterocycles. The molecule has 0 aliphatic carbocycles. The van der Waals surface area contributed by atoms with Crippen LogP contribution in [0.25, 0.3) is 0 Å². The van der Waals surface area contributed by atoms with Gasteiger partial charge in [-0.15, -0.1) is 0 Å². The van der Waals surface area contributed by atoms with Gasteiger partial charge in [0.05, 0.1) is 0 Å². The Hall–Kier alpha value is -0.880. The molecule has 0 spiro atoms. The van der Waals surface area contributed by atoms with Gasteiger partial charge in [0.15, 0.2) is 0 Å². The maximum atomic E-state index is 12.3. The fraction of sp³-hybridized carbons (Fsp3) is 0.364. The van der Waals surface area contributed by atoms with Crippen LogP contribution in [0.2, 0.25) is 0 Å². The second-order valence-electron chi connectivity index (χ2n) is 4.05. The number of rotatable bonds is 5. The molecule has 3 N–H and O–H groups in total. The molecule has 1 aromatic rings. The van der Waals surface area contributed by atoms with Crippen molar-refractivity contribution in [2.75, 3.05) is 4.93 Å². The van der Waals surface area contributed by atoms with E-state index in [0.29, 0.717) is 16.0 Å². The molecule has 120 valence electrons. The Morgan fingerprint density at radius 2 is 2.05 bits per heavy atom. The minimum absolute atomic E-state index is 0.395. The predicted molar refractivity (Wildman–Crippen MR) is 80.7 cm³/mol. The van der Waals surface area contributed by atoms with Crippen LogP contribution in [0, 0.1) is 3.57 Å². The molecule has 0 aliphatic rings. The number of alkyl halides is 4. The molecule has 1 rings (SSSR count). The van der Waals surface area contributed by atoms with Gasteiger partial charge in [-0.1, -0.05) is 0 Å². The SMILES string of the molecule is CC(N)=[NH+]Cc1cccc(I(C)OS(=O)(=O)C(F)(F)F)c1. The fourth-order valence-electron chi connectivity index (χ4n) is 1.25. The fourth-order valence-corrected chi connectivity index (χ4v) is 6.56. The van der Waals surface area contributed by atoms with E-state index < -0.39 is 35.9 Å². The average Bonchev–Trinajstić information content (AvgIpc) is 2.35. The standard InChI is InChI=1S/C11H14F3IN2O3S/c1-8(16)17-7-9-4-3-5-10(6-9)15(2)20-21(18,19)11(12,13)14/h3-6H,7H2,1-2H3,(H2,16,17)/p+1. The number of nitrogens with one attached hydrogen (secondary N) is 1. The van der Waals surface area contributed by atoms with E-state index in [0.717, 1.165) is 5.56 Å². The van der Waals surface area contributed by atoms with Crippen LogP contribution in [-0.4, -0.2) is 24.7 Å². The number of nitrogens with two attached hydrogens (primary N) is 1. The van der Waals surface area contributed by atoms with Crippen LogP contribution in [-0.2, 0) is 19.2 Å².